The smallest absolute Gasteiger partial charge is 0.321 e. The summed E-state index contributed by atoms with van der Waals surface area (Å²) in [6.45, 7) is 9.50. The first kappa shape index (κ1) is 33.0. The molecule has 0 saturated carbocycles. The van der Waals surface area contributed by atoms with Crippen LogP contribution in [0.3, 0.4) is 0 Å². The van der Waals surface area contributed by atoms with Gasteiger partial charge >= 0.3 is 6.03 Å². The first-order valence-electron chi connectivity index (χ1n) is 16.2. The van der Waals surface area contributed by atoms with Gasteiger partial charge in [-0.3, -0.25) is 14.3 Å². The molecule has 0 aliphatic carbocycles. The maximum absolute atomic E-state index is 13.6. The Kier molecular flexibility index (Phi) is 10.0. The van der Waals surface area contributed by atoms with Gasteiger partial charge in [0, 0.05) is 93.0 Å². The van der Waals surface area contributed by atoms with Crippen LogP contribution in [0.4, 0.5) is 16.2 Å². The molecule has 5 rings (SSSR count). The fourth-order valence-corrected chi connectivity index (χ4v) is 6.41. The number of likely N-dealkylation sites (tertiary alicyclic amines) is 1. The number of urea groups is 1. The summed E-state index contributed by atoms with van der Waals surface area (Å²) in [6.07, 6.45) is 2.10. The van der Waals surface area contributed by atoms with Gasteiger partial charge in [0.15, 0.2) is 5.69 Å². The average Bonchev–Trinajstić information content (AvgIpc) is 3.45. The Labute approximate surface area is 272 Å². The highest BCUT2D eigenvalue weighted by Crippen LogP contribution is 2.35. The number of fused-ring (bicyclic) bond motifs is 1. The second kappa shape index (κ2) is 13.9. The van der Waals surface area contributed by atoms with Gasteiger partial charge in [-0.2, -0.15) is 5.10 Å². The SMILES string of the molecule is CC(C)n1nc(C(=O)NCc2ccc(NC(=O)N3CCC[C@@H](N(C)C)C3)cc2)c2c1[C@@H](C)CN(c1ccc(C(=O)N(C)C)cc1)C2. The van der Waals surface area contributed by atoms with Gasteiger partial charge in [-0.05, 0) is 82.7 Å². The molecule has 0 unspecified atom stereocenters. The molecule has 11 nitrogen and oxygen atoms in total. The van der Waals surface area contributed by atoms with Crippen LogP contribution in [0.2, 0.25) is 0 Å². The number of aromatic nitrogens is 2. The van der Waals surface area contributed by atoms with Crippen LogP contribution in [0.25, 0.3) is 0 Å². The maximum Gasteiger partial charge on any atom is 0.321 e. The number of rotatable bonds is 8. The lowest BCUT2D eigenvalue weighted by Gasteiger charge is -2.36. The molecule has 2 aromatic carbocycles. The van der Waals surface area contributed by atoms with Gasteiger partial charge in [0.2, 0.25) is 0 Å². The summed E-state index contributed by atoms with van der Waals surface area (Å²) >= 11 is 0. The van der Waals surface area contributed by atoms with Crippen molar-refractivity contribution in [3.05, 3.63) is 76.6 Å². The van der Waals surface area contributed by atoms with Gasteiger partial charge in [0.05, 0.1) is 0 Å². The second-order valence-corrected chi connectivity index (χ2v) is 13.3. The van der Waals surface area contributed by atoms with E-state index in [0.717, 1.165) is 60.7 Å². The van der Waals surface area contributed by atoms with Crippen molar-refractivity contribution < 1.29 is 14.4 Å². The molecular weight excluding hydrogens is 580 g/mol. The Morgan fingerprint density at radius 2 is 1.67 bits per heavy atom. The van der Waals surface area contributed by atoms with E-state index < -0.39 is 0 Å². The fourth-order valence-electron chi connectivity index (χ4n) is 6.41. The van der Waals surface area contributed by atoms with Crippen molar-refractivity contribution in [2.24, 2.45) is 0 Å². The van der Waals surface area contributed by atoms with E-state index in [0.29, 0.717) is 30.4 Å². The highest BCUT2D eigenvalue weighted by atomic mass is 16.2. The lowest BCUT2D eigenvalue weighted by atomic mass is 9.95. The normalized spacial score (nSPS) is 18.0. The molecule has 2 aliphatic heterocycles. The molecule has 1 aromatic heterocycles. The van der Waals surface area contributed by atoms with E-state index in [1.54, 1.807) is 19.0 Å². The van der Waals surface area contributed by atoms with Crippen LogP contribution in [0.15, 0.2) is 48.5 Å². The summed E-state index contributed by atoms with van der Waals surface area (Å²) in [6, 6.07) is 15.7. The van der Waals surface area contributed by atoms with Crippen molar-refractivity contribution in [3.63, 3.8) is 0 Å². The Bertz CT molecular complexity index is 1540. The number of piperidine rings is 1. The van der Waals surface area contributed by atoms with Crippen LogP contribution < -0.4 is 15.5 Å². The first-order valence-corrected chi connectivity index (χ1v) is 16.2. The molecule has 11 heteroatoms. The number of nitrogens with one attached hydrogen (secondary N) is 2. The van der Waals surface area contributed by atoms with Crippen molar-refractivity contribution in [1.29, 1.82) is 0 Å². The summed E-state index contributed by atoms with van der Waals surface area (Å²) in [5, 5.41) is 10.9. The van der Waals surface area contributed by atoms with Crippen molar-refractivity contribution in [2.75, 3.05) is 58.0 Å². The summed E-state index contributed by atoms with van der Waals surface area (Å²) in [4.78, 5) is 46.7. The predicted octanol–water partition coefficient (Wildman–Crippen LogP) is 4.78. The van der Waals surface area contributed by atoms with E-state index >= 15 is 0 Å². The monoisotopic (exact) mass is 628 g/mol. The molecule has 46 heavy (non-hydrogen) atoms. The van der Waals surface area contributed by atoms with E-state index in [1.165, 1.54) is 0 Å². The minimum absolute atomic E-state index is 0.0341. The Balaban J connectivity index is 1.25. The molecule has 2 atom stereocenters. The molecule has 1 fully saturated rings. The van der Waals surface area contributed by atoms with Crippen LogP contribution in [0.5, 0.6) is 0 Å². The van der Waals surface area contributed by atoms with E-state index in [2.05, 4.69) is 55.3 Å². The third kappa shape index (κ3) is 7.20. The van der Waals surface area contributed by atoms with Gasteiger partial charge < -0.3 is 30.2 Å². The number of anilines is 2. The van der Waals surface area contributed by atoms with Gasteiger partial charge in [-0.25, -0.2) is 4.79 Å². The number of likely N-dealkylation sites (N-methyl/N-ethyl adjacent to an activating group) is 1. The van der Waals surface area contributed by atoms with E-state index in [-0.39, 0.29) is 29.8 Å². The second-order valence-electron chi connectivity index (χ2n) is 13.3. The molecule has 3 heterocycles. The highest BCUT2D eigenvalue weighted by molar-refractivity contribution is 5.95. The zero-order chi connectivity index (χ0) is 33.1. The standard InChI is InChI=1S/C35H48N8O3/c1-23(2)43-32-24(3)20-42(28-16-12-26(13-17-28)34(45)40(6)7)22-30(32)31(38-43)33(44)36-19-25-10-14-27(15-11-25)37-35(46)41-18-8-9-29(21-41)39(4)5/h10-17,23-24,29H,8-9,18-22H2,1-7H3,(H,36,44)(H,37,46)/t24-,29+/m0/s1. The quantitative estimate of drug-likeness (QED) is 0.372. The Hall–Kier alpha value is -4.38. The molecule has 2 aliphatic rings. The summed E-state index contributed by atoms with van der Waals surface area (Å²) < 4.78 is 1.99. The van der Waals surface area contributed by atoms with Crippen LogP contribution in [0, 0.1) is 0 Å². The average molecular weight is 629 g/mol. The first-order chi connectivity index (χ1) is 21.9. The van der Waals surface area contributed by atoms with Crippen LogP contribution >= 0.6 is 0 Å². The third-order valence-corrected chi connectivity index (χ3v) is 9.02. The van der Waals surface area contributed by atoms with Gasteiger partial charge in [-0.1, -0.05) is 19.1 Å². The summed E-state index contributed by atoms with van der Waals surface area (Å²) in [7, 11) is 7.60. The Morgan fingerprint density at radius 3 is 2.30 bits per heavy atom. The zero-order valence-corrected chi connectivity index (χ0v) is 28.2. The molecular formula is C35H48N8O3. The number of hydrogen-bond donors (Lipinski definition) is 2. The number of benzene rings is 2. The lowest BCUT2D eigenvalue weighted by Crippen LogP contribution is -2.48. The van der Waals surface area contributed by atoms with Crippen LogP contribution in [0.1, 0.15) is 83.2 Å². The topological polar surface area (TPSA) is 106 Å². The molecule has 0 radical (unpaired) electrons. The van der Waals surface area contributed by atoms with E-state index in [9.17, 15) is 14.4 Å². The van der Waals surface area contributed by atoms with Gasteiger partial charge in [0.1, 0.15) is 0 Å². The number of nitrogens with zero attached hydrogens (tertiary/aromatic N) is 6. The van der Waals surface area contributed by atoms with E-state index in [4.69, 9.17) is 5.10 Å². The van der Waals surface area contributed by atoms with Crippen LogP contribution in [-0.2, 0) is 13.1 Å². The minimum Gasteiger partial charge on any atom is -0.366 e. The van der Waals surface area contributed by atoms with Gasteiger partial charge in [0.25, 0.3) is 11.8 Å². The Morgan fingerprint density at radius 1 is 0.978 bits per heavy atom. The number of amides is 4. The lowest BCUT2D eigenvalue weighted by molar-refractivity contribution is 0.0827. The molecule has 0 bridgehead atoms. The highest BCUT2D eigenvalue weighted by Gasteiger charge is 2.33. The zero-order valence-electron chi connectivity index (χ0n) is 28.2. The molecule has 3 aromatic rings. The van der Waals surface area contributed by atoms with Gasteiger partial charge in [-0.15, -0.1) is 0 Å². The largest absolute Gasteiger partial charge is 0.366 e. The van der Waals surface area contributed by atoms with Crippen molar-refractivity contribution in [3.8, 4) is 0 Å². The maximum atomic E-state index is 13.6. The summed E-state index contributed by atoms with van der Waals surface area (Å²) in [5.41, 5.74) is 5.78. The van der Waals surface area contributed by atoms with Crippen molar-refractivity contribution >= 4 is 29.2 Å². The number of carbonyl (C=O) groups excluding carboxylic acids is 3. The molecule has 246 valence electrons. The molecule has 0 spiro atoms. The molecule has 1 saturated heterocycles. The third-order valence-electron chi connectivity index (χ3n) is 9.02. The number of carbonyl (C=O) groups is 3. The number of hydrogen-bond acceptors (Lipinski definition) is 6. The fraction of sp³-hybridized carbons (Fsp3) is 0.486. The van der Waals surface area contributed by atoms with Crippen molar-refractivity contribution in [2.45, 2.75) is 64.7 Å². The van der Waals surface area contributed by atoms with E-state index in [1.807, 2.05) is 58.1 Å². The predicted molar refractivity (Wildman–Crippen MR) is 181 cm³/mol. The summed E-state index contributed by atoms with van der Waals surface area (Å²) in [5.74, 6) is -0.0903. The minimum atomic E-state index is -0.213. The van der Waals surface area contributed by atoms with Crippen molar-refractivity contribution in [1.82, 2.24) is 29.8 Å². The van der Waals surface area contributed by atoms with Crippen LogP contribution in [-0.4, -0.2) is 96.2 Å². The molecule has 2 N–H and O–H groups in total. The molecule has 4 amide bonds.